The van der Waals surface area contributed by atoms with E-state index >= 15 is 0 Å². The molecule has 1 atom stereocenters. The van der Waals surface area contributed by atoms with Gasteiger partial charge in [-0.1, -0.05) is 13.0 Å². The Morgan fingerprint density at radius 3 is 2.41 bits per heavy atom. The van der Waals surface area contributed by atoms with E-state index in [0.29, 0.717) is 24.2 Å². The fourth-order valence-corrected chi connectivity index (χ4v) is 3.86. The monoisotopic (exact) mass is 438 g/mol. The molecule has 3 rings (SSSR count). The van der Waals surface area contributed by atoms with Gasteiger partial charge in [-0.15, -0.1) is 37.2 Å². The highest BCUT2D eigenvalue weighted by atomic mass is 35.5. The minimum atomic E-state index is 0. The van der Waals surface area contributed by atoms with Crippen LogP contribution in [0.3, 0.4) is 0 Å². The van der Waals surface area contributed by atoms with Gasteiger partial charge in [0.05, 0.1) is 5.69 Å². The maximum atomic E-state index is 12.6. The van der Waals surface area contributed by atoms with E-state index in [1.54, 1.807) is 0 Å². The zero-order valence-corrected chi connectivity index (χ0v) is 18.5. The summed E-state index contributed by atoms with van der Waals surface area (Å²) < 4.78 is 0. The Hall–Kier alpha value is -0.590. The molecule has 1 unspecified atom stereocenters. The van der Waals surface area contributed by atoms with Crippen molar-refractivity contribution >= 4 is 43.1 Å². The predicted molar refractivity (Wildman–Crippen MR) is 117 cm³/mol. The number of aromatic nitrogens is 1. The number of piperidine rings is 1. The molecule has 2 aliphatic rings. The molecule has 0 saturated carbocycles. The quantitative estimate of drug-likeness (QED) is 0.766. The molecular weight excluding hydrogens is 407 g/mol. The zero-order chi connectivity index (χ0) is 16.8. The van der Waals surface area contributed by atoms with Gasteiger partial charge < -0.3 is 10.2 Å². The SMILES string of the molecule is CC(CC(=O)N1CCN(Cc2ccccn2)CC1)C1CCNCC1.Cl.Cl.Cl. The summed E-state index contributed by atoms with van der Waals surface area (Å²) in [6, 6.07) is 6.05. The minimum Gasteiger partial charge on any atom is -0.340 e. The number of pyridine rings is 1. The first-order valence-electron chi connectivity index (χ1n) is 9.33. The molecule has 2 fully saturated rings. The molecule has 3 heterocycles. The standard InChI is InChI=1S/C19H30N4O.3ClH/c1-16(17-5-8-20-9-6-17)14-19(24)23-12-10-22(11-13-23)15-18-4-2-3-7-21-18;;;/h2-4,7,16-17,20H,5-6,8-15H2,1H3;3*1H. The number of carbonyl (C=O) groups is 1. The van der Waals surface area contributed by atoms with Gasteiger partial charge in [0.15, 0.2) is 0 Å². The Kier molecular flexibility index (Phi) is 13.3. The summed E-state index contributed by atoms with van der Waals surface area (Å²) in [7, 11) is 0. The summed E-state index contributed by atoms with van der Waals surface area (Å²) in [5.41, 5.74) is 1.11. The third-order valence-electron chi connectivity index (χ3n) is 5.52. The lowest BCUT2D eigenvalue weighted by Gasteiger charge is -2.36. The van der Waals surface area contributed by atoms with Crippen molar-refractivity contribution in [2.24, 2.45) is 11.8 Å². The van der Waals surface area contributed by atoms with Crippen LogP contribution in [0, 0.1) is 11.8 Å². The molecular formula is C19H33Cl3N4O. The Balaban J connectivity index is 0.00000225. The van der Waals surface area contributed by atoms with E-state index in [1.807, 2.05) is 18.3 Å². The number of hydrogen-bond acceptors (Lipinski definition) is 4. The van der Waals surface area contributed by atoms with Gasteiger partial charge in [-0.2, -0.15) is 0 Å². The topological polar surface area (TPSA) is 48.5 Å². The second-order valence-electron chi connectivity index (χ2n) is 7.25. The molecule has 0 aromatic carbocycles. The molecule has 1 aromatic rings. The van der Waals surface area contributed by atoms with Crippen LogP contribution in [-0.2, 0) is 11.3 Å². The van der Waals surface area contributed by atoms with Crippen LogP contribution >= 0.6 is 37.2 Å². The van der Waals surface area contributed by atoms with Crippen molar-refractivity contribution in [3.63, 3.8) is 0 Å². The minimum absolute atomic E-state index is 0. The highest BCUT2D eigenvalue weighted by Gasteiger charge is 2.26. The summed E-state index contributed by atoms with van der Waals surface area (Å²) >= 11 is 0. The Morgan fingerprint density at radius 1 is 1.15 bits per heavy atom. The third-order valence-corrected chi connectivity index (χ3v) is 5.52. The van der Waals surface area contributed by atoms with E-state index in [-0.39, 0.29) is 37.2 Å². The van der Waals surface area contributed by atoms with Gasteiger partial charge in [0, 0.05) is 45.3 Å². The largest absolute Gasteiger partial charge is 0.340 e. The molecule has 0 radical (unpaired) electrons. The molecule has 0 aliphatic carbocycles. The first-order chi connectivity index (χ1) is 11.7. The average Bonchev–Trinajstić information content (AvgIpc) is 2.64. The van der Waals surface area contributed by atoms with E-state index in [0.717, 1.165) is 51.5 Å². The van der Waals surface area contributed by atoms with Crippen LogP contribution in [0.2, 0.25) is 0 Å². The molecule has 1 amide bonds. The van der Waals surface area contributed by atoms with Gasteiger partial charge in [0.2, 0.25) is 5.91 Å². The molecule has 2 aliphatic heterocycles. The molecule has 1 aromatic heterocycles. The van der Waals surface area contributed by atoms with Crippen LogP contribution in [0.25, 0.3) is 0 Å². The molecule has 8 heteroatoms. The van der Waals surface area contributed by atoms with E-state index in [9.17, 15) is 4.79 Å². The van der Waals surface area contributed by atoms with Gasteiger partial charge in [-0.05, 0) is 49.9 Å². The van der Waals surface area contributed by atoms with Gasteiger partial charge in [-0.25, -0.2) is 0 Å². The zero-order valence-electron chi connectivity index (χ0n) is 16.0. The number of nitrogens with one attached hydrogen (secondary N) is 1. The van der Waals surface area contributed by atoms with Crippen molar-refractivity contribution in [1.82, 2.24) is 20.1 Å². The van der Waals surface area contributed by atoms with E-state index < -0.39 is 0 Å². The summed E-state index contributed by atoms with van der Waals surface area (Å²) in [5.74, 6) is 1.56. The molecule has 27 heavy (non-hydrogen) atoms. The average molecular weight is 440 g/mol. The molecule has 156 valence electrons. The number of carbonyl (C=O) groups excluding carboxylic acids is 1. The van der Waals surface area contributed by atoms with Gasteiger partial charge in [0.1, 0.15) is 0 Å². The molecule has 0 spiro atoms. The molecule has 5 nitrogen and oxygen atoms in total. The van der Waals surface area contributed by atoms with Crippen LogP contribution in [0.5, 0.6) is 0 Å². The van der Waals surface area contributed by atoms with Gasteiger partial charge in [0.25, 0.3) is 0 Å². The lowest BCUT2D eigenvalue weighted by Crippen LogP contribution is -2.48. The molecule has 1 N–H and O–H groups in total. The van der Waals surface area contributed by atoms with Crippen molar-refractivity contribution in [3.05, 3.63) is 30.1 Å². The maximum absolute atomic E-state index is 12.6. The van der Waals surface area contributed by atoms with E-state index in [1.165, 1.54) is 12.8 Å². The number of hydrogen-bond donors (Lipinski definition) is 1. The fraction of sp³-hybridized carbons (Fsp3) is 0.684. The van der Waals surface area contributed by atoms with Crippen LogP contribution in [0.4, 0.5) is 0 Å². The van der Waals surface area contributed by atoms with Crippen molar-refractivity contribution in [2.45, 2.75) is 32.7 Å². The number of halogens is 3. The highest BCUT2D eigenvalue weighted by Crippen LogP contribution is 2.25. The van der Waals surface area contributed by atoms with Crippen molar-refractivity contribution < 1.29 is 4.79 Å². The van der Waals surface area contributed by atoms with Crippen molar-refractivity contribution in [2.75, 3.05) is 39.3 Å². The number of nitrogens with zero attached hydrogens (tertiary/aromatic N) is 3. The van der Waals surface area contributed by atoms with Crippen LogP contribution in [0.1, 0.15) is 31.9 Å². The third kappa shape index (κ3) is 8.12. The van der Waals surface area contributed by atoms with Crippen LogP contribution < -0.4 is 5.32 Å². The van der Waals surface area contributed by atoms with Gasteiger partial charge >= 0.3 is 0 Å². The smallest absolute Gasteiger partial charge is 0.222 e. The summed E-state index contributed by atoms with van der Waals surface area (Å²) in [4.78, 5) is 21.4. The summed E-state index contributed by atoms with van der Waals surface area (Å²) in [6.45, 7) is 8.95. The highest BCUT2D eigenvalue weighted by molar-refractivity contribution is 5.86. The second-order valence-corrected chi connectivity index (χ2v) is 7.25. The Morgan fingerprint density at radius 2 is 1.81 bits per heavy atom. The number of piperazine rings is 1. The number of rotatable bonds is 5. The van der Waals surface area contributed by atoms with E-state index in [4.69, 9.17) is 0 Å². The van der Waals surface area contributed by atoms with Crippen molar-refractivity contribution in [3.8, 4) is 0 Å². The maximum Gasteiger partial charge on any atom is 0.222 e. The van der Waals surface area contributed by atoms with Crippen molar-refractivity contribution in [1.29, 1.82) is 0 Å². The second kappa shape index (κ2) is 13.6. The lowest BCUT2D eigenvalue weighted by molar-refractivity contribution is -0.134. The Bertz CT molecular complexity index is 521. The summed E-state index contributed by atoms with van der Waals surface area (Å²) in [5, 5.41) is 3.41. The normalized spacial score (nSPS) is 19.2. The van der Waals surface area contributed by atoms with Gasteiger partial charge in [-0.3, -0.25) is 14.7 Å². The molecule has 2 saturated heterocycles. The lowest BCUT2D eigenvalue weighted by atomic mass is 9.84. The predicted octanol–water partition coefficient (Wildman–Crippen LogP) is 3.02. The molecule has 0 bridgehead atoms. The van der Waals surface area contributed by atoms with Crippen LogP contribution in [-0.4, -0.2) is 60.0 Å². The van der Waals surface area contributed by atoms with E-state index in [2.05, 4.69) is 33.1 Å². The van der Waals surface area contributed by atoms with Crippen LogP contribution in [0.15, 0.2) is 24.4 Å². The first-order valence-corrected chi connectivity index (χ1v) is 9.33. The number of amides is 1. The Labute approximate surface area is 181 Å². The fourth-order valence-electron chi connectivity index (χ4n) is 3.86. The summed E-state index contributed by atoms with van der Waals surface area (Å²) in [6.07, 6.45) is 4.99. The first kappa shape index (κ1) is 26.4.